The van der Waals surface area contributed by atoms with E-state index in [4.69, 9.17) is 21.6 Å². The molecule has 0 saturated carbocycles. The summed E-state index contributed by atoms with van der Waals surface area (Å²) >= 11 is 6.41. The predicted molar refractivity (Wildman–Crippen MR) is 125 cm³/mol. The molecule has 0 aliphatic heterocycles. The Morgan fingerprint density at radius 3 is 2.45 bits per heavy atom. The Kier molecular flexibility index (Phi) is 7.10. The molecule has 3 rings (SSSR count). The molecule has 0 radical (unpaired) electrons. The molecular formula is C25H21ClFN3O3. The summed E-state index contributed by atoms with van der Waals surface area (Å²) in [7, 11) is 1.43. The number of halogens is 2. The highest BCUT2D eigenvalue weighted by Crippen LogP contribution is 2.37. The number of nitrogens with zero attached hydrogens (tertiary/aromatic N) is 3. The maximum Gasteiger partial charge on any atom is 0.313 e. The van der Waals surface area contributed by atoms with Gasteiger partial charge in [0, 0.05) is 23.2 Å². The lowest BCUT2D eigenvalue weighted by atomic mass is 9.97. The second kappa shape index (κ2) is 9.80. The fraction of sp³-hybridized carbons (Fsp3) is 0.200. The van der Waals surface area contributed by atoms with E-state index < -0.39 is 23.3 Å². The van der Waals surface area contributed by atoms with Crippen LogP contribution in [0.4, 0.5) is 4.39 Å². The first-order valence-electron chi connectivity index (χ1n) is 10.1. The van der Waals surface area contributed by atoms with Crippen molar-refractivity contribution in [2.75, 3.05) is 0 Å². The standard InChI is InChI=1S/C25H21ClFN3O3/c1-14(2)25(32)33-23-15(3)29-30(4)24(31)22(23)21-18(19(26)11-12-20(21)27)10-9-16-5-7-17(13-28)8-6-16/h5-12,14H,1-4H3/b10-9+. The molecule has 33 heavy (non-hydrogen) atoms. The lowest BCUT2D eigenvalue weighted by Crippen LogP contribution is -2.26. The number of hydrogen-bond donors (Lipinski definition) is 0. The number of esters is 1. The quantitative estimate of drug-likeness (QED) is 0.384. The van der Waals surface area contributed by atoms with Crippen LogP contribution < -0.4 is 10.3 Å². The zero-order valence-electron chi connectivity index (χ0n) is 18.5. The molecule has 0 bridgehead atoms. The molecule has 8 heteroatoms. The number of aryl methyl sites for hydroxylation is 2. The van der Waals surface area contributed by atoms with E-state index in [9.17, 15) is 9.59 Å². The van der Waals surface area contributed by atoms with Crippen LogP contribution in [-0.2, 0) is 11.8 Å². The van der Waals surface area contributed by atoms with Gasteiger partial charge in [0.15, 0.2) is 5.75 Å². The van der Waals surface area contributed by atoms with Gasteiger partial charge < -0.3 is 4.74 Å². The van der Waals surface area contributed by atoms with Gasteiger partial charge >= 0.3 is 5.97 Å². The van der Waals surface area contributed by atoms with E-state index in [0.717, 1.165) is 16.3 Å². The summed E-state index contributed by atoms with van der Waals surface area (Å²) in [5.74, 6) is -1.86. The fourth-order valence-electron chi connectivity index (χ4n) is 3.15. The van der Waals surface area contributed by atoms with Crippen LogP contribution in [0.25, 0.3) is 23.3 Å². The average molecular weight is 466 g/mol. The van der Waals surface area contributed by atoms with Crippen LogP contribution in [0.1, 0.15) is 36.2 Å². The number of rotatable bonds is 5. The molecule has 0 amide bonds. The summed E-state index contributed by atoms with van der Waals surface area (Å²) in [6.07, 6.45) is 3.26. The Bertz CT molecular complexity index is 1350. The predicted octanol–water partition coefficient (Wildman–Crippen LogP) is 5.15. The summed E-state index contributed by atoms with van der Waals surface area (Å²) in [6.45, 7) is 4.87. The van der Waals surface area contributed by atoms with Crippen LogP contribution in [0.2, 0.25) is 5.02 Å². The average Bonchev–Trinajstić information content (AvgIpc) is 2.79. The minimum absolute atomic E-state index is 0.0925. The van der Waals surface area contributed by atoms with E-state index in [2.05, 4.69) is 5.10 Å². The van der Waals surface area contributed by atoms with Crippen molar-refractivity contribution < 1.29 is 13.9 Å². The van der Waals surface area contributed by atoms with Crippen molar-refractivity contribution in [1.82, 2.24) is 9.78 Å². The molecule has 0 aliphatic rings. The summed E-state index contributed by atoms with van der Waals surface area (Å²) in [4.78, 5) is 25.4. The molecule has 0 unspecified atom stereocenters. The van der Waals surface area contributed by atoms with Gasteiger partial charge in [0.25, 0.3) is 5.56 Å². The van der Waals surface area contributed by atoms with E-state index in [-0.39, 0.29) is 33.2 Å². The van der Waals surface area contributed by atoms with Crippen LogP contribution in [0.5, 0.6) is 5.75 Å². The molecule has 1 aromatic heterocycles. The summed E-state index contributed by atoms with van der Waals surface area (Å²) < 4.78 is 21.8. The SMILES string of the molecule is Cc1nn(C)c(=O)c(-c2c(F)ccc(Cl)c2/C=C/c2ccc(C#N)cc2)c1OC(=O)C(C)C. The van der Waals surface area contributed by atoms with Crippen molar-refractivity contribution in [2.45, 2.75) is 20.8 Å². The second-order valence-electron chi connectivity index (χ2n) is 7.68. The van der Waals surface area contributed by atoms with E-state index >= 15 is 4.39 Å². The maximum atomic E-state index is 15.2. The maximum absolute atomic E-state index is 15.2. The van der Waals surface area contributed by atoms with E-state index in [1.807, 2.05) is 6.07 Å². The molecule has 2 aromatic carbocycles. The van der Waals surface area contributed by atoms with Crippen molar-refractivity contribution >= 4 is 29.7 Å². The minimum atomic E-state index is -0.705. The molecule has 0 spiro atoms. The molecule has 6 nitrogen and oxygen atoms in total. The van der Waals surface area contributed by atoms with Crippen LogP contribution >= 0.6 is 11.6 Å². The first-order chi connectivity index (χ1) is 15.6. The minimum Gasteiger partial charge on any atom is -0.423 e. The molecule has 0 N–H and O–H groups in total. The Balaban J connectivity index is 2.26. The van der Waals surface area contributed by atoms with E-state index in [1.54, 1.807) is 57.2 Å². The van der Waals surface area contributed by atoms with Gasteiger partial charge in [0.05, 0.1) is 23.1 Å². The van der Waals surface area contributed by atoms with Crippen LogP contribution in [0.15, 0.2) is 41.2 Å². The highest BCUT2D eigenvalue weighted by Gasteiger charge is 2.26. The molecule has 0 fully saturated rings. The largest absolute Gasteiger partial charge is 0.423 e. The van der Waals surface area contributed by atoms with Crippen LogP contribution in [0, 0.1) is 30.0 Å². The smallest absolute Gasteiger partial charge is 0.313 e. The van der Waals surface area contributed by atoms with Gasteiger partial charge in [-0.15, -0.1) is 0 Å². The molecular weight excluding hydrogens is 445 g/mol. The van der Waals surface area contributed by atoms with Crippen molar-refractivity contribution in [3.63, 3.8) is 0 Å². The summed E-state index contributed by atoms with van der Waals surface area (Å²) in [6, 6.07) is 11.3. The summed E-state index contributed by atoms with van der Waals surface area (Å²) in [5.41, 5.74) is 0.868. The second-order valence-corrected chi connectivity index (χ2v) is 8.09. The molecule has 0 atom stereocenters. The monoisotopic (exact) mass is 465 g/mol. The van der Waals surface area contributed by atoms with Crippen molar-refractivity contribution in [1.29, 1.82) is 5.26 Å². The third kappa shape index (κ3) is 5.02. The first kappa shape index (κ1) is 23.9. The van der Waals surface area contributed by atoms with Crippen LogP contribution in [0.3, 0.4) is 0 Å². The van der Waals surface area contributed by atoms with Crippen molar-refractivity contribution in [3.05, 3.63) is 80.0 Å². The highest BCUT2D eigenvalue weighted by molar-refractivity contribution is 6.32. The molecule has 3 aromatic rings. The first-order valence-corrected chi connectivity index (χ1v) is 10.5. The van der Waals surface area contributed by atoms with Gasteiger partial charge in [-0.25, -0.2) is 9.07 Å². The topological polar surface area (TPSA) is 85.0 Å². The van der Waals surface area contributed by atoms with Gasteiger partial charge in [-0.1, -0.05) is 49.7 Å². The van der Waals surface area contributed by atoms with Gasteiger partial charge in [-0.05, 0) is 36.8 Å². The lowest BCUT2D eigenvalue weighted by Gasteiger charge is -2.17. The van der Waals surface area contributed by atoms with E-state index in [0.29, 0.717) is 5.56 Å². The number of aromatic nitrogens is 2. The molecule has 168 valence electrons. The van der Waals surface area contributed by atoms with Gasteiger partial charge in [-0.2, -0.15) is 10.4 Å². The normalized spacial score (nSPS) is 11.1. The number of ether oxygens (including phenoxy) is 1. The molecule has 0 aliphatic carbocycles. The van der Waals surface area contributed by atoms with Gasteiger partial charge in [-0.3, -0.25) is 9.59 Å². The zero-order valence-corrected chi connectivity index (χ0v) is 19.3. The van der Waals surface area contributed by atoms with Crippen molar-refractivity contribution in [2.24, 2.45) is 13.0 Å². The van der Waals surface area contributed by atoms with Crippen LogP contribution in [-0.4, -0.2) is 15.7 Å². The third-order valence-corrected chi connectivity index (χ3v) is 5.24. The van der Waals surface area contributed by atoms with E-state index in [1.165, 1.54) is 13.1 Å². The number of carbonyl (C=O) groups excluding carboxylic acids is 1. The molecule has 1 heterocycles. The summed E-state index contributed by atoms with van der Waals surface area (Å²) in [5, 5.41) is 13.3. The fourth-order valence-corrected chi connectivity index (χ4v) is 3.37. The number of carbonyl (C=O) groups is 1. The number of hydrogen-bond acceptors (Lipinski definition) is 5. The highest BCUT2D eigenvalue weighted by atomic mass is 35.5. The molecule has 0 saturated heterocycles. The Morgan fingerprint density at radius 1 is 1.18 bits per heavy atom. The van der Waals surface area contributed by atoms with Gasteiger partial charge in [0.2, 0.25) is 0 Å². The number of nitriles is 1. The lowest BCUT2D eigenvalue weighted by molar-refractivity contribution is -0.137. The Hall–Kier alpha value is -3.76. The Morgan fingerprint density at radius 2 is 1.85 bits per heavy atom. The zero-order chi connectivity index (χ0) is 24.3. The number of benzene rings is 2. The third-order valence-electron chi connectivity index (χ3n) is 4.91. The Labute approximate surface area is 195 Å². The van der Waals surface area contributed by atoms with Crippen molar-refractivity contribution in [3.8, 4) is 22.9 Å². The van der Waals surface area contributed by atoms with Gasteiger partial charge in [0.1, 0.15) is 11.5 Å².